The van der Waals surface area contributed by atoms with Crippen LogP contribution in [-0.2, 0) is 6.54 Å². The highest BCUT2D eigenvalue weighted by atomic mass is 16.3. The molecule has 4 heteroatoms. The highest BCUT2D eigenvalue weighted by Crippen LogP contribution is 2.26. The van der Waals surface area contributed by atoms with Gasteiger partial charge in [0, 0.05) is 28.9 Å². The van der Waals surface area contributed by atoms with E-state index in [0.717, 1.165) is 46.8 Å². The predicted octanol–water partition coefficient (Wildman–Crippen LogP) is 3.62. The first kappa shape index (κ1) is 13.8. The first-order valence-electron chi connectivity index (χ1n) is 7.23. The molecule has 0 aliphatic heterocycles. The Balaban J connectivity index is 2.02. The average Bonchev–Trinajstić information content (AvgIpc) is 2.90. The minimum Gasteiger partial charge on any atom is -0.453 e. The molecule has 0 amide bonds. The van der Waals surface area contributed by atoms with Gasteiger partial charge in [-0.3, -0.25) is 0 Å². The van der Waals surface area contributed by atoms with Crippen LogP contribution in [0.3, 0.4) is 0 Å². The van der Waals surface area contributed by atoms with Crippen molar-refractivity contribution in [2.45, 2.75) is 27.3 Å². The first-order valence-corrected chi connectivity index (χ1v) is 7.23. The standard InChI is InChI=1S/C17H19N3O/c1-4-18-10-14-11(2)19-17(20-12(14)3)16-9-13-7-5-6-8-15(13)21-16/h5-9,18H,4,10H2,1-3H3. The summed E-state index contributed by atoms with van der Waals surface area (Å²) in [4.78, 5) is 9.22. The lowest BCUT2D eigenvalue weighted by Gasteiger charge is -2.10. The molecule has 2 aromatic heterocycles. The van der Waals surface area contributed by atoms with Gasteiger partial charge in [-0.05, 0) is 32.5 Å². The highest BCUT2D eigenvalue weighted by molar-refractivity contribution is 5.81. The molecular weight excluding hydrogens is 262 g/mol. The number of aromatic nitrogens is 2. The molecule has 21 heavy (non-hydrogen) atoms. The Morgan fingerprint density at radius 1 is 1.10 bits per heavy atom. The van der Waals surface area contributed by atoms with Crippen molar-refractivity contribution in [3.05, 3.63) is 47.3 Å². The Labute approximate surface area is 124 Å². The van der Waals surface area contributed by atoms with Gasteiger partial charge in [0.1, 0.15) is 5.58 Å². The summed E-state index contributed by atoms with van der Waals surface area (Å²) in [6.07, 6.45) is 0. The molecule has 0 atom stereocenters. The summed E-state index contributed by atoms with van der Waals surface area (Å²) in [6.45, 7) is 7.87. The molecule has 0 spiro atoms. The third-order valence-electron chi connectivity index (χ3n) is 3.62. The summed E-state index contributed by atoms with van der Waals surface area (Å²) < 4.78 is 5.84. The second-order valence-electron chi connectivity index (χ2n) is 5.13. The van der Waals surface area contributed by atoms with E-state index < -0.39 is 0 Å². The van der Waals surface area contributed by atoms with E-state index in [1.807, 2.05) is 44.2 Å². The molecule has 0 fully saturated rings. The third-order valence-corrected chi connectivity index (χ3v) is 3.62. The van der Waals surface area contributed by atoms with Gasteiger partial charge in [0.25, 0.3) is 0 Å². The van der Waals surface area contributed by atoms with Crippen LogP contribution in [0.1, 0.15) is 23.9 Å². The van der Waals surface area contributed by atoms with Gasteiger partial charge in [0.15, 0.2) is 11.6 Å². The van der Waals surface area contributed by atoms with Crippen LogP contribution < -0.4 is 5.32 Å². The molecule has 1 aromatic carbocycles. The summed E-state index contributed by atoms with van der Waals surface area (Å²) in [5, 5.41) is 4.40. The summed E-state index contributed by atoms with van der Waals surface area (Å²) in [5.41, 5.74) is 4.03. The van der Waals surface area contributed by atoms with Crippen LogP contribution in [-0.4, -0.2) is 16.5 Å². The Bertz CT molecular complexity index is 721. The van der Waals surface area contributed by atoms with Crippen molar-refractivity contribution in [2.24, 2.45) is 0 Å². The van der Waals surface area contributed by atoms with E-state index >= 15 is 0 Å². The molecule has 108 valence electrons. The van der Waals surface area contributed by atoms with Crippen molar-refractivity contribution < 1.29 is 4.42 Å². The van der Waals surface area contributed by atoms with Crippen molar-refractivity contribution in [1.82, 2.24) is 15.3 Å². The van der Waals surface area contributed by atoms with Gasteiger partial charge in [-0.2, -0.15) is 0 Å². The van der Waals surface area contributed by atoms with Crippen LogP contribution in [0.25, 0.3) is 22.6 Å². The Kier molecular flexibility index (Phi) is 3.71. The smallest absolute Gasteiger partial charge is 0.196 e. The van der Waals surface area contributed by atoms with Crippen LogP contribution in [0.15, 0.2) is 34.7 Å². The predicted molar refractivity (Wildman–Crippen MR) is 84.1 cm³/mol. The van der Waals surface area contributed by atoms with Crippen molar-refractivity contribution in [2.75, 3.05) is 6.54 Å². The third kappa shape index (κ3) is 2.67. The monoisotopic (exact) mass is 281 g/mol. The molecule has 0 saturated heterocycles. The highest BCUT2D eigenvalue weighted by Gasteiger charge is 2.13. The number of nitrogens with zero attached hydrogens (tertiary/aromatic N) is 2. The fourth-order valence-corrected chi connectivity index (χ4v) is 2.45. The molecule has 0 saturated carbocycles. The summed E-state index contributed by atoms with van der Waals surface area (Å²) in [6, 6.07) is 9.94. The van der Waals surface area contributed by atoms with Crippen molar-refractivity contribution in [3.63, 3.8) is 0 Å². The molecule has 0 aliphatic rings. The lowest BCUT2D eigenvalue weighted by molar-refractivity contribution is 0.623. The van der Waals surface area contributed by atoms with E-state index in [0.29, 0.717) is 5.82 Å². The molecule has 3 aromatic rings. The maximum atomic E-state index is 5.84. The van der Waals surface area contributed by atoms with Gasteiger partial charge in [-0.15, -0.1) is 0 Å². The van der Waals surface area contributed by atoms with Crippen LogP contribution in [0.4, 0.5) is 0 Å². The molecule has 4 nitrogen and oxygen atoms in total. The first-order chi connectivity index (χ1) is 10.2. The van der Waals surface area contributed by atoms with Crippen LogP contribution in [0.2, 0.25) is 0 Å². The van der Waals surface area contributed by atoms with Crippen LogP contribution in [0.5, 0.6) is 0 Å². The number of aryl methyl sites for hydroxylation is 2. The number of rotatable bonds is 4. The van der Waals surface area contributed by atoms with Crippen LogP contribution in [0, 0.1) is 13.8 Å². The normalized spacial score (nSPS) is 11.2. The van der Waals surface area contributed by atoms with E-state index in [-0.39, 0.29) is 0 Å². The average molecular weight is 281 g/mol. The summed E-state index contributed by atoms with van der Waals surface area (Å²) >= 11 is 0. The minimum atomic E-state index is 0.654. The number of hydrogen-bond donors (Lipinski definition) is 1. The second-order valence-corrected chi connectivity index (χ2v) is 5.13. The zero-order valence-corrected chi connectivity index (χ0v) is 12.6. The lowest BCUT2D eigenvalue weighted by Crippen LogP contribution is -2.15. The van der Waals surface area contributed by atoms with Gasteiger partial charge >= 0.3 is 0 Å². The maximum Gasteiger partial charge on any atom is 0.196 e. The lowest BCUT2D eigenvalue weighted by atomic mass is 10.1. The summed E-state index contributed by atoms with van der Waals surface area (Å²) in [7, 11) is 0. The number of nitrogens with one attached hydrogen (secondary N) is 1. The number of furan rings is 1. The van der Waals surface area contributed by atoms with Gasteiger partial charge in [-0.1, -0.05) is 25.1 Å². The molecule has 1 N–H and O–H groups in total. The zero-order valence-electron chi connectivity index (χ0n) is 12.6. The Morgan fingerprint density at radius 3 is 2.48 bits per heavy atom. The van der Waals surface area contributed by atoms with E-state index in [4.69, 9.17) is 4.42 Å². The van der Waals surface area contributed by atoms with E-state index in [1.165, 1.54) is 0 Å². The fourth-order valence-electron chi connectivity index (χ4n) is 2.45. The molecular formula is C17H19N3O. The van der Waals surface area contributed by atoms with Crippen LogP contribution >= 0.6 is 0 Å². The summed E-state index contributed by atoms with van der Waals surface area (Å²) in [5.74, 6) is 1.37. The van der Waals surface area contributed by atoms with E-state index in [1.54, 1.807) is 0 Å². The topological polar surface area (TPSA) is 51.0 Å². The molecule has 0 radical (unpaired) electrons. The number of hydrogen-bond acceptors (Lipinski definition) is 4. The van der Waals surface area contributed by atoms with Gasteiger partial charge in [0.2, 0.25) is 0 Å². The van der Waals surface area contributed by atoms with Gasteiger partial charge < -0.3 is 9.73 Å². The molecule has 3 rings (SSSR count). The molecule has 2 heterocycles. The van der Waals surface area contributed by atoms with Crippen molar-refractivity contribution in [1.29, 1.82) is 0 Å². The van der Waals surface area contributed by atoms with Crippen molar-refractivity contribution >= 4 is 11.0 Å². The number of fused-ring (bicyclic) bond motifs is 1. The minimum absolute atomic E-state index is 0.654. The number of benzene rings is 1. The van der Waals surface area contributed by atoms with Gasteiger partial charge in [-0.25, -0.2) is 9.97 Å². The van der Waals surface area contributed by atoms with Crippen molar-refractivity contribution in [3.8, 4) is 11.6 Å². The molecule has 0 aliphatic carbocycles. The van der Waals surface area contributed by atoms with E-state index in [2.05, 4.69) is 22.2 Å². The van der Waals surface area contributed by atoms with E-state index in [9.17, 15) is 0 Å². The maximum absolute atomic E-state index is 5.84. The Morgan fingerprint density at radius 2 is 1.81 bits per heavy atom. The molecule has 0 bridgehead atoms. The number of para-hydroxylation sites is 1. The quantitative estimate of drug-likeness (QED) is 0.793. The fraction of sp³-hybridized carbons (Fsp3) is 0.294. The SMILES string of the molecule is CCNCc1c(C)nc(-c2cc3ccccc3o2)nc1C. The Hall–Kier alpha value is -2.20. The van der Waals surface area contributed by atoms with Gasteiger partial charge in [0.05, 0.1) is 0 Å². The largest absolute Gasteiger partial charge is 0.453 e. The second kappa shape index (κ2) is 5.66. The molecule has 0 unspecified atom stereocenters. The zero-order chi connectivity index (χ0) is 14.8.